The van der Waals surface area contributed by atoms with Gasteiger partial charge in [-0.3, -0.25) is 4.57 Å². The Bertz CT molecular complexity index is 944. The zero-order valence-corrected chi connectivity index (χ0v) is 15.9. The van der Waals surface area contributed by atoms with Gasteiger partial charge in [0.1, 0.15) is 11.6 Å². The third-order valence-corrected chi connectivity index (χ3v) is 6.18. The van der Waals surface area contributed by atoms with E-state index in [1.165, 1.54) is 28.2 Å². The summed E-state index contributed by atoms with van der Waals surface area (Å²) in [6.07, 6.45) is 1.60. The van der Waals surface area contributed by atoms with E-state index in [0.29, 0.717) is 0 Å². The van der Waals surface area contributed by atoms with Crippen LogP contribution in [0.5, 0.6) is 0 Å². The molecule has 0 saturated heterocycles. The predicted molar refractivity (Wildman–Crippen MR) is 102 cm³/mol. The summed E-state index contributed by atoms with van der Waals surface area (Å²) in [5.41, 5.74) is 1.06. The molecule has 0 radical (unpaired) electrons. The van der Waals surface area contributed by atoms with Crippen LogP contribution in [0.15, 0.2) is 57.3 Å². The average Bonchev–Trinajstić information content (AvgIpc) is 3.38. The van der Waals surface area contributed by atoms with E-state index < -0.39 is 0 Å². The minimum absolute atomic E-state index is 0.760. The lowest BCUT2D eigenvalue weighted by molar-refractivity contribution is 0.850. The molecule has 126 valence electrons. The average molecular weight is 386 g/mol. The standard InChI is InChI=1S/C17H15N5S3/c1-2-14-18-17(25-21-14)24-16-20-19-15(11-13-9-6-10-23-13)22(16)12-7-4-3-5-8-12/h3-10H,2,11H2,1H3. The molecule has 3 aromatic heterocycles. The highest BCUT2D eigenvalue weighted by atomic mass is 32.2. The van der Waals surface area contributed by atoms with Crippen molar-refractivity contribution in [1.29, 1.82) is 0 Å². The van der Waals surface area contributed by atoms with E-state index in [2.05, 4.69) is 60.7 Å². The van der Waals surface area contributed by atoms with Crippen LogP contribution < -0.4 is 0 Å². The minimum atomic E-state index is 0.760. The second kappa shape index (κ2) is 7.47. The van der Waals surface area contributed by atoms with Crippen molar-refractivity contribution in [3.63, 3.8) is 0 Å². The molecule has 3 heterocycles. The minimum Gasteiger partial charge on any atom is -0.273 e. The highest BCUT2D eigenvalue weighted by Gasteiger charge is 2.17. The number of hydrogen-bond donors (Lipinski definition) is 0. The van der Waals surface area contributed by atoms with Crippen molar-refractivity contribution in [2.45, 2.75) is 29.3 Å². The van der Waals surface area contributed by atoms with Gasteiger partial charge in [-0.25, -0.2) is 4.98 Å². The van der Waals surface area contributed by atoms with Crippen molar-refractivity contribution >= 4 is 34.6 Å². The van der Waals surface area contributed by atoms with Gasteiger partial charge in [0.25, 0.3) is 0 Å². The maximum atomic E-state index is 4.54. The maximum Gasteiger partial charge on any atom is 0.202 e. The first kappa shape index (κ1) is 16.4. The summed E-state index contributed by atoms with van der Waals surface area (Å²) in [5, 5.41) is 11.8. The molecule has 4 rings (SSSR count). The Morgan fingerprint density at radius 1 is 1.08 bits per heavy atom. The van der Waals surface area contributed by atoms with Crippen LogP contribution in [-0.2, 0) is 12.8 Å². The van der Waals surface area contributed by atoms with Crippen LogP contribution in [0.4, 0.5) is 0 Å². The van der Waals surface area contributed by atoms with E-state index in [1.54, 1.807) is 11.3 Å². The second-order valence-electron chi connectivity index (χ2n) is 5.26. The van der Waals surface area contributed by atoms with E-state index in [1.807, 2.05) is 18.2 Å². The molecule has 0 N–H and O–H groups in total. The van der Waals surface area contributed by atoms with E-state index in [0.717, 1.165) is 39.7 Å². The second-order valence-corrected chi connectivity index (χ2v) is 8.26. The first-order valence-electron chi connectivity index (χ1n) is 7.86. The van der Waals surface area contributed by atoms with Gasteiger partial charge in [0, 0.05) is 23.4 Å². The Kier molecular flexibility index (Phi) is 4.91. The van der Waals surface area contributed by atoms with Crippen molar-refractivity contribution in [3.05, 3.63) is 64.4 Å². The molecule has 25 heavy (non-hydrogen) atoms. The van der Waals surface area contributed by atoms with Crippen molar-refractivity contribution in [2.24, 2.45) is 0 Å². The van der Waals surface area contributed by atoms with Gasteiger partial charge in [0.2, 0.25) is 5.16 Å². The van der Waals surface area contributed by atoms with Crippen molar-refractivity contribution in [2.75, 3.05) is 0 Å². The fraction of sp³-hybridized carbons (Fsp3) is 0.176. The van der Waals surface area contributed by atoms with Crippen LogP contribution in [0, 0.1) is 0 Å². The third kappa shape index (κ3) is 3.65. The summed E-state index contributed by atoms with van der Waals surface area (Å²) in [4.78, 5) is 5.80. The number of aromatic nitrogens is 5. The predicted octanol–water partition coefficient (Wildman–Crippen LogP) is 4.48. The molecule has 0 fully saturated rings. The number of para-hydroxylation sites is 1. The molecule has 4 aromatic rings. The van der Waals surface area contributed by atoms with E-state index in [-0.39, 0.29) is 0 Å². The fourth-order valence-corrected chi connectivity index (χ4v) is 4.76. The molecule has 0 aliphatic heterocycles. The molecule has 0 bridgehead atoms. The fourth-order valence-electron chi connectivity index (χ4n) is 2.39. The van der Waals surface area contributed by atoms with E-state index in [9.17, 15) is 0 Å². The lowest BCUT2D eigenvalue weighted by Crippen LogP contribution is -2.02. The summed E-state index contributed by atoms with van der Waals surface area (Å²) < 4.78 is 7.36. The van der Waals surface area contributed by atoms with Gasteiger partial charge >= 0.3 is 0 Å². The molecular formula is C17H15N5S3. The molecule has 0 aliphatic carbocycles. The molecular weight excluding hydrogens is 370 g/mol. The van der Waals surface area contributed by atoms with E-state index >= 15 is 0 Å². The Morgan fingerprint density at radius 3 is 2.68 bits per heavy atom. The summed E-state index contributed by atoms with van der Waals surface area (Å²) in [5.74, 6) is 1.80. The molecule has 0 aliphatic rings. The number of thiophene rings is 1. The quantitative estimate of drug-likeness (QED) is 0.490. The number of benzene rings is 1. The summed E-state index contributed by atoms with van der Waals surface area (Å²) in [7, 11) is 0. The van der Waals surface area contributed by atoms with Crippen molar-refractivity contribution < 1.29 is 0 Å². The van der Waals surface area contributed by atoms with Gasteiger partial charge in [0.05, 0.1) is 0 Å². The van der Waals surface area contributed by atoms with Crippen LogP contribution in [-0.4, -0.2) is 24.1 Å². The summed E-state index contributed by atoms with van der Waals surface area (Å²) >= 11 is 4.66. The Hall–Kier alpha value is -2.03. The Morgan fingerprint density at radius 2 is 1.96 bits per heavy atom. The van der Waals surface area contributed by atoms with Gasteiger partial charge in [-0.05, 0) is 46.9 Å². The topological polar surface area (TPSA) is 56.5 Å². The van der Waals surface area contributed by atoms with Crippen LogP contribution in [0.2, 0.25) is 0 Å². The molecule has 0 saturated carbocycles. The lowest BCUT2D eigenvalue weighted by Gasteiger charge is -2.08. The highest BCUT2D eigenvalue weighted by Crippen LogP contribution is 2.31. The van der Waals surface area contributed by atoms with Crippen molar-refractivity contribution in [1.82, 2.24) is 24.1 Å². The molecule has 5 nitrogen and oxygen atoms in total. The first-order valence-corrected chi connectivity index (χ1v) is 10.3. The lowest BCUT2D eigenvalue weighted by atomic mass is 10.3. The van der Waals surface area contributed by atoms with Gasteiger partial charge < -0.3 is 0 Å². The number of nitrogens with zero attached hydrogens (tertiary/aromatic N) is 5. The normalized spacial score (nSPS) is 11.1. The van der Waals surface area contributed by atoms with Crippen LogP contribution >= 0.6 is 34.6 Å². The molecule has 0 unspecified atom stereocenters. The Balaban J connectivity index is 1.72. The molecule has 0 spiro atoms. The zero-order chi connectivity index (χ0) is 17.1. The summed E-state index contributed by atoms with van der Waals surface area (Å²) in [6.45, 7) is 2.06. The molecule has 8 heteroatoms. The molecule has 0 atom stereocenters. The first-order chi connectivity index (χ1) is 12.3. The highest BCUT2D eigenvalue weighted by molar-refractivity contribution is 8.00. The Labute approximate surface area is 158 Å². The van der Waals surface area contributed by atoms with Gasteiger partial charge in [-0.2, -0.15) is 4.37 Å². The third-order valence-electron chi connectivity index (χ3n) is 3.57. The zero-order valence-electron chi connectivity index (χ0n) is 13.5. The maximum absolute atomic E-state index is 4.54. The number of hydrogen-bond acceptors (Lipinski definition) is 7. The van der Waals surface area contributed by atoms with E-state index in [4.69, 9.17) is 0 Å². The monoisotopic (exact) mass is 385 g/mol. The largest absolute Gasteiger partial charge is 0.273 e. The smallest absolute Gasteiger partial charge is 0.202 e. The molecule has 0 amide bonds. The van der Waals surface area contributed by atoms with Crippen LogP contribution in [0.25, 0.3) is 5.69 Å². The molecule has 1 aromatic carbocycles. The van der Waals surface area contributed by atoms with Crippen LogP contribution in [0.1, 0.15) is 23.4 Å². The number of rotatable bonds is 6. The SMILES string of the molecule is CCc1nsc(Sc2nnc(Cc3cccs3)n2-c2ccccc2)n1. The summed E-state index contributed by atoms with van der Waals surface area (Å²) in [6, 6.07) is 14.4. The van der Waals surface area contributed by atoms with Crippen LogP contribution in [0.3, 0.4) is 0 Å². The van der Waals surface area contributed by atoms with Gasteiger partial charge in [-0.1, -0.05) is 31.2 Å². The number of aryl methyl sites for hydroxylation is 1. The van der Waals surface area contributed by atoms with Gasteiger partial charge in [0.15, 0.2) is 4.34 Å². The van der Waals surface area contributed by atoms with Crippen molar-refractivity contribution in [3.8, 4) is 5.69 Å². The van der Waals surface area contributed by atoms with Gasteiger partial charge in [-0.15, -0.1) is 21.5 Å².